The number of fused-ring (bicyclic) bond motifs is 6. The molecule has 0 aromatic heterocycles. The van der Waals surface area contributed by atoms with Gasteiger partial charge in [-0.25, -0.2) is 0 Å². The predicted molar refractivity (Wildman–Crippen MR) is 342 cm³/mol. The molecule has 4 rings (SSSR count). The standard InChI is InChI=1S/C59H96N16O12S2/c60-54(84)46(33-88)72-48(78)9-3-1-5-23-67-56(86)44(31-40-15-19-42(76)20-16-40)70-50(80)11-7-13-52(82)74-58-35-62-25-27-65-38-59(69-30-29-64-37-58,39-66-28-26-63-36-58)75-53(83)14-8-12-51(81)71-45(32-41-17-21-43(77)22-18-41)57(87)68-24-6-2-4-10-49(79)73-47(34-89)55(61)85/h15-22,44-47,62-66,69,76-77,88-89H,1-14,23-39H2,(H2,60,84)(H2,61,85)(H,67,86)(H,68,87)(H,70,80)(H,71,81)(H,72,78)(H,73,79)(H,74,82)(H,75,83)/t44-,45-,46-,47-,58-,59+/m0/s1. The van der Waals surface area contributed by atoms with Crippen LogP contribution in [0.15, 0.2) is 48.5 Å². The van der Waals surface area contributed by atoms with Crippen molar-refractivity contribution in [3.8, 4) is 11.5 Å². The first-order chi connectivity index (χ1) is 42.7. The normalized spacial score (nSPS) is 18.7. The monoisotopic (exact) mass is 1280 g/mol. The van der Waals surface area contributed by atoms with E-state index in [0.29, 0.717) is 122 Å². The summed E-state index contributed by atoms with van der Waals surface area (Å²) in [6.45, 7) is 5.38. The second-order valence-electron chi connectivity index (χ2n) is 22.6. The van der Waals surface area contributed by atoms with Crippen molar-refractivity contribution in [3.63, 3.8) is 0 Å². The van der Waals surface area contributed by atoms with Crippen molar-refractivity contribution in [2.45, 2.75) is 138 Å². The van der Waals surface area contributed by atoms with Gasteiger partial charge in [-0.05, 0) is 73.9 Å². The molecule has 2 aromatic rings. The van der Waals surface area contributed by atoms with Gasteiger partial charge in [0.1, 0.15) is 41.3 Å². The van der Waals surface area contributed by atoms with E-state index >= 15 is 0 Å². The van der Waals surface area contributed by atoms with Gasteiger partial charge in [0.2, 0.25) is 59.1 Å². The fourth-order valence-corrected chi connectivity index (χ4v) is 10.5. The summed E-state index contributed by atoms with van der Waals surface area (Å²) in [4.78, 5) is 129. The van der Waals surface area contributed by atoms with Crippen molar-refractivity contribution in [1.29, 1.82) is 0 Å². The Hall–Kier alpha value is -6.80. The lowest BCUT2D eigenvalue weighted by Crippen LogP contribution is -2.69. The number of nitrogens with two attached hydrogens (primary N) is 2. The van der Waals surface area contributed by atoms with Gasteiger partial charge in [-0.2, -0.15) is 25.3 Å². The molecule has 20 N–H and O–H groups in total. The van der Waals surface area contributed by atoms with E-state index < -0.39 is 70.8 Å². The molecule has 30 heteroatoms. The topological polar surface area (TPSA) is 432 Å². The second-order valence-corrected chi connectivity index (χ2v) is 23.3. The van der Waals surface area contributed by atoms with Crippen LogP contribution in [-0.2, 0) is 60.8 Å². The van der Waals surface area contributed by atoms with Gasteiger partial charge < -0.3 is 90.8 Å². The lowest BCUT2D eigenvalue weighted by molar-refractivity contribution is -0.129. The van der Waals surface area contributed by atoms with Crippen LogP contribution in [0.5, 0.6) is 11.5 Å². The average Bonchev–Trinajstić information content (AvgIpc) is 3.45. The molecule has 0 spiro atoms. The predicted octanol–water partition coefficient (Wildman–Crippen LogP) is -3.42. The largest absolute Gasteiger partial charge is 0.508 e. The molecule has 89 heavy (non-hydrogen) atoms. The van der Waals surface area contributed by atoms with Gasteiger partial charge in [-0.1, -0.05) is 37.1 Å². The van der Waals surface area contributed by atoms with Crippen LogP contribution in [0.1, 0.15) is 101 Å². The van der Waals surface area contributed by atoms with Crippen molar-refractivity contribution in [2.24, 2.45) is 11.5 Å². The molecule has 2 heterocycles. The van der Waals surface area contributed by atoms with Gasteiger partial charge in [-0.3, -0.25) is 53.3 Å². The number of phenols is 2. The van der Waals surface area contributed by atoms with Crippen LogP contribution in [0.4, 0.5) is 0 Å². The molecule has 2 aliphatic rings. The van der Waals surface area contributed by atoms with Gasteiger partial charge in [0.05, 0.1) is 5.54 Å². The molecular formula is C59H96N16O12S2. The Morgan fingerprint density at radius 3 is 1.15 bits per heavy atom. The van der Waals surface area contributed by atoms with Crippen LogP contribution in [0.25, 0.3) is 0 Å². The number of rotatable bonds is 36. The number of nitrogens with one attached hydrogen (secondary N) is 14. The molecule has 2 aliphatic heterocycles. The zero-order valence-electron chi connectivity index (χ0n) is 50.9. The number of hydrogen-bond donors (Lipinski definition) is 20. The summed E-state index contributed by atoms with van der Waals surface area (Å²) < 4.78 is 0. The first-order valence-electron chi connectivity index (χ1n) is 30.7. The number of thiol groups is 2. The number of aromatic hydroxyl groups is 2. The summed E-state index contributed by atoms with van der Waals surface area (Å²) in [6.07, 6.45) is 4.35. The van der Waals surface area contributed by atoms with Gasteiger partial charge in [-0.15, -0.1) is 0 Å². The van der Waals surface area contributed by atoms with Crippen molar-refractivity contribution in [1.82, 2.24) is 74.4 Å². The molecular weight excluding hydrogens is 1190 g/mol. The van der Waals surface area contributed by atoms with Crippen LogP contribution >= 0.6 is 25.3 Å². The van der Waals surface area contributed by atoms with E-state index in [1.807, 2.05) is 0 Å². The maximum atomic E-state index is 13.8. The molecule has 0 saturated carbocycles. The molecule has 0 radical (unpaired) electrons. The minimum Gasteiger partial charge on any atom is -0.508 e. The fourth-order valence-electron chi connectivity index (χ4n) is 9.95. The molecule has 4 atom stereocenters. The number of primary amides is 2. The third-order valence-corrected chi connectivity index (χ3v) is 15.6. The number of hydrogen-bond acceptors (Lipinski definition) is 20. The summed E-state index contributed by atoms with van der Waals surface area (Å²) in [5, 5.41) is 63.5. The second kappa shape index (κ2) is 41.5. The zero-order chi connectivity index (χ0) is 64.9. The van der Waals surface area contributed by atoms with Crippen LogP contribution in [-0.4, -0.2) is 201 Å². The highest BCUT2D eigenvalue weighted by Gasteiger charge is 2.35. The number of carbonyl (C=O) groups is 10. The molecule has 28 nitrogen and oxygen atoms in total. The Morgan fingerprint density at radius 1 is 0.427 bits per heavy atom. The van der Waals surface area contributed by atoms with Gasteiger partial charge in [0.25, 0.3) is 0 Å². The number of benzene rings is 2. The van der Waals surface area contributed by atoms with Crippen LogP contribution in [0.3, 0.4) is 0 Å². The quantitative estimate of drug-likeness (QED) is 0.0233. The number of unbranched alkanes of at least 4 members (excludes halogenated alkanes) is 4. The summed E-state index contributed by atoms with van der Waals surface area (Å²) in [5.41, 5.74) is 10.2. The molecule has 0 aliphatic carbocycles. The Labute approximate surface area is 532 Å². The molecule has 2 aromatic carbocycles. The highest BCUT2D eigenvalue weighted by molar-refractivity contribution is 7.80. The van der Waals surface area contributed by atoms with Gasteiger partial charge >= 0.3 is 0 Å². The maximum Gasteiger partial charge on any atom is 0.242 e. The van der Waals surface area contributed by atoms with Gasteiger partial charge in [0, 0.05) is 148 Å². The molecule has 2 saturated heterocycles. The highest BCUT2D eigenvalue weighted by Crippen LogP contribution is 2.15. The van der Waals surface area contributed by atoms with E-state index in [-0.39, 0.29) is 124 Å². The zero-order valence-corrected chi connectivity index (χ0v) is 52.7. The lowest BCUT2D eigenvalue weighted by Gasteiger charge is -2.37. The van der Waals surface area contributed by atoms with Crippen LogP contribution in [0.2, 0.25) is 0 Å². The minimum atomic E-state index is -0.951. The smallest absolute Gasteiger partial charge is 0.242 e. The third kappa shape index (κ3) is 30.5. The number of carbonyl (C=O) groups excluding carboxylic acids is 10. The van der Waals surface area contributed by atoms with E-state index in [1.165, 1.54) is 24.3 Å². The SMILES string of the molecule is NC(=O)[C@H](CS)NC(=O)CCCCCNC(=O)[C@H](Cc1ccc(O)cc1)NC(=O)CCCC(=O)N[C@]12CNCCNC[C@](NC(=O)CCCC(=O)N[C@@H](Cc3ccc(O)cc3)C(=O)NCCCCCC(=O)N[C@@H](CS)C(N)=O)(CNCCNC1)NCCNC2. The summed E-state index contributed by atoms with van der Waals surface area (Å²) in [7, 11) is 0. The lowest BCUT2D eigenvalue weighted by atomic mass is 9.97. The van der Waals surface area contributed by atoms with E-state index in [4.69, 9.17) is 11.5 Å². The van der Waals surface area contributed by atoms with Crippen LogP contribution in [0, 0.1) is 0 Å². The van der Waals surface area contributed by atoms with Crippen LogP contribution < -0.4 is 85.9 Å². The Morgan fingerprint density at radius 2 is 0.764 bits per heavy atom. The third-order valence-electron chi connectivity index (χ3n) is 14.9. The van der Waals surface area contributed by atoms with Gasteiger partial charge in [0.15, 0.2) is 0 Å². The molecule has 0 unspecified atom stereocenters. The first kappa shape index (κ1) is 74.7. The maximum absolute atomic E-state index is 13.8. The van der Waals surface area contributed by atoms with Crippen molar-refractivity contribution >= 4 is 84.3 Å². The minimum absolute atomic E-state index is 0.0162. The molecule has 496 valence electrons. The van der Waals surface area contributed by atoms with Crippen molar-refractivity contribution in [3.05, 3.63) is 59.7 Å². The van der Waals surface area contributed by atoms with E-state index in [0.717, 1.165) is 0 Å². The summed E-state index contributed by atoms with van der Waals surface area (Å²) in [6, 6.07) is 9.02. The van der Waals surface area contributed by atoms with Crippen molar-refractivity contribution in [2.75, 3.05) is 96.6 Å². The number of phenolic OH excluding ortho intramolecular Hbond substituents is 2. The van der Waals surface area contributed by atoms with Crippen molar-refractivity contribution < 1.29 is 58.2 Å². The Bertz CT molecular complexity index is 2390. The number of amides is 10. The summed E-state index contributed by atoms with van der Waals surface area (Å²) in [5.74, 6) is -3.92. The molecule has 2 fully saturated rings. The van der Waals surface area contributed by atoms with E-state index in [9.17, 15) is 58.2 Å². The Balaban J connectivity index is 1.25. The molecule has 2 bridgehead atoms. The first-order valence-corrected chi connectivity index (χ1v) is 32.0. The average molecular weight is 1290 g/mol. The van der Waals surface area contributed by atoms with E-state index in [1.54, 1.807) is 24.3 Å². The molecule has 10 amide bonds. The highest BCUT2D eigenvalue weighted by atomic mass is 32.1. The Kier molecular flexibility index (Phi) is 34.8. The van der Waals surface area contributed by atoms with E-state index in [2.05, 4.69) is 99.7 Å². The fraction of sp³-hybridized carbons (Fsp3) is 0.627. The summed E-state index contributed by atoms with van der Waals surface area (Å²) >= 11 is 8.07.